The maximum absolute atomic E-state index is 13.5. The Balaban J connectivity index is 2.68. The van der Waals surface area contributed by atoms with Crippen molar-refractivity contribution in [3.05, 3.63) is 78.3 Å². The van der Waals surface area contributed by atoms with Crippen molar-refractivity contribution in [2.45, 2.75) is 20.3 Å². The van der Waals surface area contributed by atoms with Crippen LogP contribution in [0.1, 0.15) is 25.8 Å². The van der Waals surface area contributed by atoms with E-state index in [1.807, 2.05) is 24.3 Å². The summed E-state index contributed by atoms with van der Waals surface area (Å²) in [5.41, 5.74) is 1.78. The Morgan fingerprint density at radius 2 is 2.12 bits per heavy atom. The first-order valence-corrected chi connectivity index (χ1v) is 8.06. The van der Waals surface area contributed by atoms with Crippen LogP contribution in [0.15, 0.2) is 66.9 Å². The molecule has 3 heteroatoms. The van der Waals surface area contributed by atoms with Gasteiger partial charge in [0.05, 0.1) is 11.6 Å². The van der Waals surface area contributed by atoms with Gasteiger partial charge in [-0.05, 0) is 30.2 Å². The minimum atomic E-state index is -0.427. The normalized spacial score (nSPS) is 11.4. The van der Waals surface area contributed by atoms with E-state index >= 15 is 0 Å². The molecule has 2 nitrogen and oxygen atoms in total. The lowest BCUT2D eigenvalue weighted by atomic mass is 10.2. The summed E-state index contributed by atoms with van der Waals surface area (Å²) in [6, 6.07) is 6.18. The number of anilines is 1. The number of nitriles is 1. The van der Waals surface area contributed by atoms with Gasteiger partial charge in [-0.1, -0.05) is 56.6 Å². The highest BCUT2D eigenvalue weighted by atomic mass is 19.1. The van der Waals surface area contributed by atoms with E-state index in [1.165, 1.54) is 12.1 Å². The highest BCUT2D eigenvalue weighted by Gasteiger charge is 2.02. The Labute approximate surface area is 150 Å². The SMILES string of the molecule is C=C/C(C#CC/C=C\N(C)c1cc(F)cc(C#N)c1)=C\C=C/C(C)C. The zero-order chi connectivity index (χ0) is 18.7. The van der Waals surface area contributed by atoms with Crippen molar-refractivity contribution in [3.63, 3.8) is 0 Å². The summed E-state index contributed by atoms with van der Waals surface area (Å²) in [6.07, 6.45) is 12.0. The number of hydrogen-bond acceptors (Lipinski definition) is 2. The van der Waals surface area contributed by atoms with E-state index in [2.05, 4.69) is 38.3 Å². The molecule has 0 unspecified atom stereocenters. The standard InChI is InChI=1S/C22H23FN2/c1-5-19(12-9-10-18(2)3)11-7-6-8-13-25(4)22-15-20(17-24)14-21(23)16-22/h5,8-10,12-16,18H,1,6H2,2-4H3/b10-9-,13-8-,19-12+. The maximum atomic E-state index is 13.5. The summed E-state index contributed by atoms with van der Waals surface area (Å²) < 4.78 is 13.5. The van der Waals surface area contributed by atoms with E-state index in [-0.39, 0.29) is 0 Å². The van der Waals surface area contributed by atoms with Crippen molar-refractivity contribution >= 4 is 5.69 Å². The molecule has 0 radical (unpaired) electrons. The van der Waals surface area contributed by atoms with Crippen LogP contribution in [0.3, 0.4) is 0 Å². The van der Waals surface area contributed by atoms with Crippen molar-refractivity contribution in [3.8, 4) is 17.9 Å². The molecule has 0 bridgehead atoms. The zero-order valence-corrected chi connectivity index (χ0v) is 15.0. The minimum absolute atomic E-state index is 0.297. The summed E-state index contributed by atoms with van der Waals surface area (Å²) >= 11 is 0. The number of halogens is 1. The largest absolute Gasteiger partial charge is 0.351 e. The van der Waals surface area contributed by atoms with Crippen LogP contribution in [0.2, 0.25) is 0 Å². The molecule has 0 aliphatic rings. The molecule has 0 saturated heterocycles. The Morgan fingerprint density at radius 1 is 1.36 bits per heavy atom. The van der Waals surface area contributed by atoms with Crippen molar-refractivity contribution in [2.24, 2.45) is 5.92 Å². The van der Waals surface area contributed by atoms with Crippen LogP contribution in [-0.2, 0) is 0 Å². The van der Waals surface area contributed by atoms with Crippen LogP contribution < -0.4 is 4.90 Å². The average molecular weight is 334 g/mol. The highest BCUT2D eigenvalue weighted by molar-refractivity contribution is 5.53. The summed E-state index contributed by atoms with van der Waals surface area (Å²) in [7, 11) is 1.80. The van der Waals surface area contributed by atoms with E-state index < -0.39 is 5.82 Å². The van der Waals surface area contributed by atoms with Gasteiger partial charge in [0.15, 0.2) is 0 Å². The molecule has 0 aliphatic heterocycles. The Bertz CT molecular complexity index is 780. The second-order valence-corrected chi connectivity index (χ2v) is 5.77. The van der Waals surface area contributed by atoms with Gasteiger partial charge in [0.2, 0.25) is 0 Å². The highest BCUT2D eigenvalue weighted by Crippen LogP contribution is 2.17. The first kappa shape index (κ1) is 20.0. The molecule has 0 N–H and O–H groups in total. The van der Waals surface area contributed by atoms with E-state index in [0.29, 0.717) is 23.6 Å². The summed E-state index contributed by atoms with van der Waals surface area (Å²) in [5, 5.41) is 8.89. The zero-order valence-electron chi connectivity index (χ0n) is 15.0. The van der Waals surface area contributed by atoms with Crippen LogP contribution >= 0.6 is 0 Å². The van der Waals surface area contributed by atoms with Crippen LogP contribution in [0.4, 0.5) is 10.1 Å². The van der Waals surface area contributed by atoms with Crippen molar-refractivity contribution in [1.29, 1.82) is 5.26 Å². The molecule has 0 fully saturated rings. The molecule has 0 amide bonds. The Kier molecular flexibility index (Phi) is 8.55. The molecule has 1 aromatic carbocycles. The lowest BCUT2D eigenvalue weighted by molar-refractivity contribution is 0.627. The molecule has 128 valence electrons. The lowest BCUT2D eigenvalue weighted by Gasteiger charge is -2.14. The molecule has 0 atom stereocenters. The van der Waals surface area contributed by atoms with Crippen molar-refractivity contribution < 1.29 is 4.39 Å². The van der Waals surface area contributed by atoms with Crippen LogP contribution in [0.5, 0.6) is 0 Å². The monoisotopic (exact) mass is 334 g/mol. The molecule has 25 heavy (non-hydrogen) atoms. The fourth-order valence-electron chi connectivity index (χ4n) is 1.89. The number of nitrogens with zero attached hydrogens (tertiary/aromatic N) is 2. The van der Waals surface area contributed by atoms with Gasteiger partial charge in [-0.3, -0.25) is 0 Å². The fraction of sp³-hybridized carbons (Fsp3) is 0.227. The maximum Gasteiger partial charge on any atom is 0.126 e. The first-order chi connectivity index (χ1) is 12.0. The van der Waals surface area contributed by atoms with E-state index in [0.717, 1.165) is 5.57 Å². The van der Waals surface area contributed by atoms with Gasteiger partial charge < -0.3 is 4.90 Å². The second-order valence-electron chi connectivity index (χ2n) is 5.77. The molecule has 0 spiro atoms. The Hall–Kier alpha value is -3.04. The molecule has 0 aliphatic carbocycles. The van der Waals surface area contributed by atoms with Gasteiger partial charge in [-0.2, -0.15) is 5.26 Å². The van der Waals surface area contributed by atoms with Crippen LogP contribution in [0, 0.1) is 34.9 Å². The number of allylic oxidation sites excluding steroid dienone is 6. The van der Waals surface area contributed by atoms with Gasteiger partial charge in [-0.25, -0.2) is 4.39 Å². The summed E-state index contributed by atoms with van der Waals surface area (Å²) in [5.74, 6) is 6.18. The van der Waals surface area contributed by atoms with Crippen molar-refractivity contribution in [2.75, 3.05) is 11.9 Å². The second kappa shape index (κ2) is 10.7. The van der Waals surface area contributed by atoms with Crippen LogP contribution in [0.25, 0.3) is 0 Å². The lowest BCUT2D eigenvalue weighted by Crippen LogP contribution is -2.08. The van der Waals surface area contributed by atoms with E-state index in [9.17, 15) is 4.39 Å². The first-order valence-electron chi connectivity index (χ1n) is 8.06. The average Bonchev–Trinajstić information content (AvgIpc) is 2.58. The summed E-state index contributed by atoms with van der Waals surface area (Å²) in [6.45, 7) is 7.99. The fourth-order valence-corrected chi connectivity index (χ4v) is 1.89. The third-order valence-corrected chi connectivity index (χ3v) is 3.19. The molecular formula is C22H23FN2. The third-order valence-electron chi connectivity index (χ3n) is 3.19. The number of benzene rings is 1. The quantitative estimate of drug-likeness (QED) is 0.517. The predicted octanol–water partition coefficient (Wildman–Crippen LogP) is 5.37. The molecule has 1 rings (SSSR count). The molecular weight excluding hydrogens is 311 g/mol. The molecule has 0 heterocycles. The smallest absolute Gasteiger partial charge is 0.126 e. The topological polar surface area (TPSA) is 27.0 Å². The van der Waals surface area contributed by atoms with Crippen LogP contribution in [-0.4, -0.2) is 7.05 Å². The van der Waals surface area contributed by atoms with Gasteiger partial charge in [0, 0.05) is 30.9 Å². The van der Waals surface area contributed by atoms with Gasteiger partial charge in [-0.15, -0.1) is 0 Å². The predicted molar refractivity (Wildman–Crippen MR) is 103 cm³/mol. The van der Waals surface area contributed by atoms with E-state index in [1.54, 1.807) is 30.3 Å². The van der Waals surface area contributed by atoms with Crippen molar-refractivity contribution in [1.82, 2.24) is 0 Å². The van der Waals surface area contributed by atoms with Gasteiger partial charge >= 0.3 is 0 Å². The number of rotatable bonds is 6. The Morgan fingerprint density at radius 3 is 2.76 bits per heavy atom. The molecule has 1 aromatic rings. The van der Waals surface area contributed by atoms with Gasteiger partial charge in [0.25, 0.3) is 0 Å². The minimum Gasteiger partial charge on any atom is -0.351 e. The summed E-state index contributed by atoms with van der Waals surface area (Å²) in [4.78, 5) is 1.75. The number of hydrogen-bond donors (Lipinski definition) is 0. The molecule has 0 saturated carbocycles. The van der Waals surface area contributed by atoms with Gasteiger partial charge in [0.1, 0.15) is 5.82 Å². The third kappa shape index (κ3) is 7.86. The van der Waals surface area contributed by atoms with E-state index in [4.69, 9.17) is 5.26 Å². The molecule has 0 aromatic heterocycles.